The molecule has 1 aromatic rings. The first-order valence-corrected chi connectivity index (χ1v) is 12.0. The van der Waals surface area contributed by atoms with Gasteiger partial charge in [0, 0.05) is 45.4 Å². The van der Waals surface area contributed by atoms with Crippen LogP contribution in [0.2, 0.25) is 0 Å². The maximum Gasteiger partial charge on any atom is 0.490 e. The third-order valence-corrected chi connectivity index (χ3v) is 6.76. The summed E-state index contributed by atoms with van der Waals surface area (Å²) >= 11 is 0. The number of halogens is 6. The zero-order valence-electron chi connectivity index (χ0n) is 21.5. The van der Waals surface area contributed by atoms with Gasteiger partial charge in [-0.1, -0.05) is 0 Å². The Morgan fingerprint density at radius 2 is 1.50 bits per heavy atom. The smallest absolute Gasteiger partial charge is 0.475 e. The van der Waals surface area contributed by atoms with Gasteiger partial charge in [-0.25, -0.2) is 9.59 Å². The molecular formula is C23H34F6N4O5. The quantitative estimate of drug-likeness (QED) is 0.511. The molecule has 1 spiro atoms. The van der Waals surface area contributed by atoms with Crippen LogP contribution in [0, 0.1) is 18.8 Å². The van der Waals surface area contributed by atoms with Crippen molar-refractivity contribution in [3.05, 3.63) is 17.5 Å². The summed E-state index contributed by atoms with van der Waals surface area (Å²) in [6, 6.07) is 2.21. The summed E-state index contributed by atoms with van der Waals surface area (Å²) in [4.78, 5) is 23.0. The molecule has 3 heterocycles. The zero-order chi connectivity index (χ0) is 28.9. The number of aliphatic carboxylic acids is 2. The minimum Gasteiger partial charge on any atom is -0.475 e. The number of nitrogens with zero attached hydrogens (tertiary/aromatic N) is 4. The Kier molecular flexibility index (Phi) is 10.6. The molecule has 4 rings (SSSR count). The van der Waals surface area contributed by atoms with Gasteiger partial charge in [0.15, 0.2) is 0 Å². The maximum atomic E-state index is 10.6. The van der Waals surface area contributed by atoms with Crippen LogP contribution in [0.4, 0.5) is 26.3 Å². The second kappa shape index (κ2) is 12.6. The Labute approximate surface area is 216 Å². The largest absolute Gasteiger partial charge is 0.490 e. The molecule has 1 unspecified atom stereocenters. The Hall–Kier alpha value is -2.39. The molecule has 15 heteroatoms. The van der Waals surface area contributed by atoms with Crippen LogP contribution in [0.25, 0.3) is 0 Å². The van der Waals surface area contributed by atoms with E-state index in [0.717, 1.165) is 37.3 Å². The van der Waals surface area contributed by atoms with Crippen molar-refractivity contribution in [2.45, 2.75) is 57.0 Å². The van der Waals surface area contributed by atoms with Crippen LogP contribution >= 0.6 is 0 Å². The second-order valence-corrected chi connectivity index (χ2v) is 10.1. The van der Waals surface area contributed by atoms with Crippen molar-refractivity contribution in [2.24, 2.45) is 18.9 Å². The summed E-state index contributed by atoms with van der Waals surface area (Å²) in [5.41, 5.74) is 2.83. The van der Waals surface area contributed by atoms with Gasteiger partial charge >= 0.3 is 24.3 Å². The Morgan fingerprint density at radius 3 is 1.92 bits per heavy atom. The standard InChI is InChI=1S/C19H32N4O.2C2HF3O2/c1-15-8-18(22(3)20-15)10-23-13-19(14-23)9-17(6-7-21(19)2)12-24-11-16-4-5-16;2*3-2(4,5)1(6)7/h8,16-17H,4-7,9-14H2,1-3H3;2*(H,6,7). The molecule has 9 nitrogen and oxygen atoms in total. The molecule has 38 heavy (non-hydrogen) atoms. The van der Waals surface area contributed by atoms with Crippen LogP contribution in [-0.2, 0) is 27.9 Å². The monoisotopic (exact) mass is 560 g/mol. The minimum atomic E-state index is -5.08. The number of hydrogen-bond donors (Lipinski definition) is 2. The van der Waals surface area contributed by atoms with Crippen LogP contribution in [-0.4, -0.2) is 99.5 Å². The fraction of sp³-hybridized carbons (Fsp3) is 0.783. The lowest BCUT2D eigenvalue weighted by Crippen LogP contribution is -2.71. The number of rotatable bonds is 6. The summed E-state index contributed by atoms with van der Waals surface area (Å²) < 4.78 is 71.5. The van der Waals surface area contributed by atoms with E-state index >= 15 is 0 Å². The lowest BCUT2D eigenvalue weighted by molar-refractivity contribution is -0.193. The molecule has 0 bridgehead atoms. The van der Waals surface area contributed by atoms with E-state index in [0.29, 0.717) is 5.54 Å². The van der Waals surface area contributed by atoms with Gasteiger partial charge in [-0.2, -0.15) is 31.4 Å². The zero-order valence-corrected chi connectivity index (χ0v) is 21.5. The van der Waals surface area contributed by atoms with Crippen molar-refractivity contribution in [3.8, 4) is 0 Å². The van der Waals surface area contributed by atoms with Crippen LogP contribution in [0.5, 0.6) is 0 Å². The average molecular weight is 561 g/mol. The average Bonchev–Trinajstić information content (AvgIpc) is 3.52. The topological polar surface area (TPSA) is 108 Å². The molecule has 1 aromatic heterocycles. The summed E-state index contributed by atoms with van der Waals surface area (Å²) in [6.45, 7) is 8.67. The van der Waals surface area contributed by atoms with E-state index in [1.165, 1.54) is 51.0 Å². The van der Waals surface area contributed by atoms with Gasteiger partial charge in [-0.05, 0) is 64.1 Å². The van der Waals surface area contributed by atoms with Crippen molar-refractivity contribution in [3.63, 3.8) is 0 Å². The molecular weight excluding hydrogens is 526 g/mol. The van der Waals surface area contributed by atoms with Crippen molar-refractivity contribution >= 4 is 11.9 Å². The van der Waals surface area contributed by atoms with Gasteiger partial charge in [0.2, 0.25) is 0 Å². The SMILES string of the molecule is Cc1cc(CN2CC3(CC(COCC4CC4)CCN3C)C2)n(C)n1.O=C(O)C(F)(F)F.O=C(O)C(F)(F)F. The van der Waals surface area contributed by atoms with E-state index < -0.39 is 24.3 Å². The molecule has 1 atom stereocenters. The van der Waals surface area contributed by atoms with E-state index in [9.17, 15) is 26.3 Å². The number of aryl methyl sites for hydroxylation is 2. The molecule has 2 N–H and O–H groups in total. The van der Waals surface area contributed by atoms with Crippen LogP contribution in [0.1, 0.15) is 37.1 Å². The van der Waals surface area contributed by atoms with E-state index in [-0.39, 0.29) is 0 Å². The molecule has 3 aliphatic rings. The first-order chi connectivity index (χ1) is 17.4. The third-order valence-electron chi connectivity index (χ3n) is 6.76. The number of carboxylic acid groups (broad SMARTS) is 2. The van der Waals surface area contributed by atoms with Crippen molar-refractivity contribution < 1.29 is 50.9 Å². The number of hydrogen-bond acceptors (Lipinski definition) is 6. The highest BCUT2D eigenvalue weighted by atomic mass is 19.4. The maximum absolute atomic E-state index is 10.6. The summed E-state index contributed by atoms with van der Waals surface area (Å²) in [6.07, 6.45) is -4.79. The van der Waals surface area contributed by atoms with Crippen molar-refractivity contribution in [1.82, 2.24) is 19.6 Å². The predicted octanol–water partition coefficient (Wildman–Crippen LogP) is 3.32. The van der Waals surface area contributed by atoms with Crippen molar-refractivity contribution in [2.75, 3.05) is 39.9 Å². The highest BCUT2D eigenvalue weighted by Crippen LogP contribution is 2.39. The molecule has 218 valence electrons. The minimum absolute atomic E-state index is 0.388. The second-order valence-electron chi connectivity index (χ2n) is 10.1. The Morgan fingerprint density at radius 1 is 1.00 bits per heavy atom. The summed E-state index contributed by atoms with van der Waals surface area (Å²) in [5, 5.41) is 18.7. The number of carboxylic acids is 2. The highest BCUT2D eigenvalue weighted by molar-refractivity contribution is 5.73. The normalized spacial score (nSPS) is 21.6. The molecule has 0 radical (unpaired) electrons. The Balaban J connectivity index is 0.000000301. The molecule has 0 aromatic carbocycles. The van der Waals surface area contributed by atoms with Gasteiger partial charge in [0.05, 0.1) is 11.4 Å². The van der Waals surface area contributed by atoms with Gasteiger partial charge in [-0.3, -0.25) is 14.5 Å². The number of alkyl halides is 6. The van der Waals surface area contributed by atoms with Gasteiger partial charge < -0.3 is 14.9 Å². The molecule has 3 fully saturated rings. The summed E-state index contributed by atoms with van der Waals surface area (Å²) in [5.74, 6) is -3.88. The van der Waals surface area contributed by atoms with Crippen LogP contribution in [0.15, 0.2) is 6.07 Å². The number of carbonyl (C=O) groups is 2. The molecule has 1 aliphatic carbocycles. The van der Waals surface area contributed by atoms with Crippen molar-refractivity contribution in [1.29, 1.82) is 0 Å². The molecule has 2 aliphatic heterocycles. The van der Waals surface area contributed by atoms with Gasteiger partial charge in [-0.15, -0.1) is 0 Å². The first kappa shape index (κ1) is 31.8. The van der Waals surface area contributed by atoms with Crippen LogP contribution in [0.3, 0.4) is 0 Å². The third kappa shape index (κ3) is 9.73. The van der Waals surface area contributed by atoms with Crippen LogP contribution < -0.4 is 0 Å². The number of ether oxygens (including phenoxy) is 1. The van der Waals surface area contributed by atoms with Gasteiger partial charge in [0.25, 0.3) is 0 Å². The number of likely N-dealkylation sites (tertiary alicyclic amines) is 2. The predicted molar refractivity (Wildman–Crippen MR) is 122 cm³/mol. The molecule has 1 saturated carbocycles. The lowest BCUT2D eigenvalue weighted by atomic mass is 9.75. The molecule has 2 saturated heterocycles. The lowest BCUT2D eigenvalue weighted by Gasteiger charge is -2.58. The Bertz CT molecular complexity index is 918. The highest BCUT2D eigenvalue weighted by Gasteiger charge is 2.49. The van der Waals surface area contributed by atoms with E-state index in [1.54, 1.807) is 0 Å². The number of aromatic nitrogens is 2. The van der Waals surface area contributed by atoms with E-state index in [2.05, 4.69) is 42.0 Å². The van der Waals surface area contributed by atoms with E-state index in [1.807, 2.05) is 4.68 Å². The van der Waals surface area contributed by atoms with E-state index in [4.69, 9.17) is 24.5 Å². The van der Waals surface area contributed by atoms with Gasteiger partial charge in [0.1, 0.15) is 0 Å². The summed E-state index contributed by atoms with van der Waals surface area (Å²) in [7, 11) is 4.37. The number of piperidine rings is 1. The fourth-order valence-corrected chi connectivity index (χ4v) is 4.55. The first-order valence-electron chi connectivity index (χ1n) is 12.0. The molecule has 0 amide bonds. The number of likely N-dealkylation sites (N-methyl/N-ethyl adjacent to an activating group) is 1. The fourth-order valence-electron chi connectivity index (χ4n) is 4.55.